The average molecular weight is 178 g/mol. The van der Waals surface area contributed by atoms with Gasteiger partial charge in [0.2, 0.25) is 0 Å². The summed E-state index contributed by atoms with van der Waals surface area (Å²) in [5.74, 6) is 0. The molecular weight excluding hydrogens is 160 g/mol. The molecular formula is C12H18O. The van der Waals surface area contributed by atoms with Gasteiger partial charge < -0.3 is 5.11 Å². The molecule has 72 valence electrons. The van der Waals surface area contributed by atoms with Crippen molar-refractivity contribution in [1.82, 2.24) is 0 Å². The zero-order valence-corrected chi connectivity index (χ0v) is 8.46. The molecule has 13 heavy (non-hydrogen) atoms. The SMILES string of the molecule is CCCC(O)c1ccccc1CC. The summed E-state index contributed by atoms with van der Waals surface area (Å²) in [6.45, 7) is 4.22. The van der Waals surface area contributed by atoms with E-state index in [1.165, 1.54) is 5.56 Å². The van der Waals surface area contributed by atoms with Crippen LogP contribution in [0, 0.1) is 0 Å². The van der Waals surface area contributed by atoms with Crippen LogP contribution in [0.2, 0.25) is 0 Å². The Labute approximate surface area is 80.4 Å². The topological polar surface area (TPSA) is 20.2 Å². The van der Waals surface area contributed by atoms with Gasteiger partial charge >= 0.3 is 0 Å². The van der Waals surface area contributed by atoms with E-state index in [1.807, 2.05) is 18.2 Å². The molecule has 0 heterocycles. The first kappa shape index (κ1) is 10.3. The molecule has 0 amide bonds. The molecule has 1 aromatic rings. The maximum Gasteiger partial charge on any atom is 0.0792 e. The smallest absolute Gasteiger partial charge is 0.0792 e. The van der Waals surface area contributed by atoms with Crippen molar-refractivity contribution >= 4 is 0 Å². The average Bonchev–Trinajstić information content (AvgIpc) is 2.18. The predicted molar refractivity (Wildman–Crippen MR) is 55.7 cm³/mol. The molecule has 0 radical (unpaired) electrons. The maximum absolute atomic E-state index is 9.83. The first-order valence-electron chi connectivity index (χ1n) is 5.05. The lowest BCUT2D eigenvalue weighted by atomic mass is 9.98. The Balaban J connectivity index is 2.85. The van der Waals surface area contributed by atoms with Crippen molar-refractivity contribution in [2.45, 2.75) is 39.2 Å². The number of aliphatic hydroxyl groups excluding tert-OH is 1. The fourth-order valence-corrected chi connectivity index (χ4v) is 1.61. The second kappa shape index (κ2) is 5.03. The molecule has 0 fully saturated rings. The van der Waals surface area contributed by atoms with Crippen molar-refractivity contribution in [2.24, 2.45) is 0 Å². The monoisotopic (exact) mass is 178 g/mol. The van der Waals surface area contributed by atoms with Gasteiger partial charge in [-0.3, -0.25) is 0 Å². The summed E-state index contributed by atoms with van der Waals surface area (Å²) < 4.78 is 0. The maximum atomic E-state index is 9.83. The van der Waals surface area contributed by atoms with Gasteiger partial charge in [0.05, 0.1) is 6.10 Å². The third kappa shape index (κ3) is 2.56. The van der Waals surface area contributed by atoms with E-state index in [1.54, 1.807) is 0 Å². The molecule has 0 bridgehead atoms. The second-order valence-corrected chi connectivity index (χ2v) is 3.36. The Bertz CT molecular complexity index is 255. The summed E-state index contributed by atoms with van der Waals surface area (Å²) in [7, 11) is 0. The van der Waals surface area contributed by atoms with Crippen molar-refractivity contribution < 1.29 is 5.11 Å². The Kier molecular flexibility index (Phi) is 3.97. The summed E-state index contributed by atoms with van der Waals surface area (Å²) in [4.78, 5) is 0. The van der Waals surface area contributed by atoms with Crippen LogP contribution in [0.1, 0.15) is 43.9 Å². The third-order valence-electron chi connectivity index (χ3n) is 2.36. The van der Waals surface area contributed by atoms with Crippen molar-refractivity contribution in [3.8, 4) is 0 Å². The van der Waals surface area contributed by atoms with Crippen LogP contribution in [0.15, 0.2) is 24.3 Å². The van der Waals surface area contributed by atoms with Gasteiger partial charge in [-0.2, -0.15) is 0 Å². The summed E-state index contributed by atoms with van der Waals surface area (Å²) in [5.41, 5.74) is 2.37. The van der Waals surface area contributed by atoms with Gasteiger partial charge in [0, 0.05) is 0 Å². The van der Waals surface area contributed by atoms with E-state index >= 15 is 0 Å². The highest BCUT2D eigenvalue weighted by Gasteiger charge is 2.08. The molecule has 1 aromatic carbocycles. The van der Waals surface area contributed by atoms with E-state index in [-0.39, 0.29) is 6.10 Å². The van der Waals surface area contributed by atoms with E-state index in [9.17, 15) is 5.11 Å². The molecule has 1 unspecified atom stereocenters. The molecule has 1 nitrogen and oxygen atoms in total. The van der Waals surface area contributed by atoms with Crippen LogP contribution >= 0.6 is 0 Å². The van der Waals surface area contributed by atoms with Crippen LogP contribution in [0.3, 0.4) is 0 Å². The lowest BCUT2D eigenvalue weighted by Crippen LogP contribution is -2.00. The molecule has 1 atom stereocenters. The minimum Gasteiger partial charge on any atom is -0.388 e. The normalized spacial score (nSPS) is 12.8. The van der Waals surface area contributed by atoms with Gasteiger partial charge in [0.1, 0.15) is 0 Å². The van der Waals surface area contributed by atoms with Gasteiger partial charge in [-0.05, 0) is 24.0 Å². The number of aliphatic hydroxyl groups is 1. The zero-order valence-electron chi connectivity index (χ0n) is 8.46. The molecule has 0 saturated heterocycles. The van der Waals surface area contributed by atoms with Crippen LogP contribution in [-0.2, 0) is 6.42 Å². The van der Waals surface area contributed by atoms with E-state index < -0.39 is 0 Å². The first-order chi connectivity index (χ1) is 6.29. The highest BCUT2D eigenvalue weighted by Crippen LogP contribution is 2.22. The Hall–Kier alpha value is -0.820. The van der Waals surface area contributed by atoms with E-state index in [2.05, 4.69) is 19.9 Å². The van der Waals surface area contributed by atoms with Crippen LogP contribution in [0.25, 0.3) is 0 Å². The number of benzene rings is 1. The van der Waals surface area contributed by atoms with Crippen LogP contribution < -0.4 is 0 Å². The highest BCUT2D eigenvalue weighted by molar-refractivity contribution is 5.28. The van der Waals surface area contributed by atoms with Gasteiger partial charge in [-0.1, -0.05) is 44.5 Å². The van der Waals surface area contributed by atoms with E-state index in [4.69, 9.17) is 0 Å². The number of rotatable bonds is 4. The fourth-order valence-electron chi connectivity index (χ4n) is 1.61. The van der Waals surface area contributed by atoms with Crippen molar-refractivity contribution in [2.75, 3.05) is 0 Å². The predicted octanol–water partition coefficient (Wildman–Crippen LogP) is 3.08. The number of hydrogen-bond donors (Lipinski definition) is 1. The Morgan fingerprint density at radius 3 is 2.54 bits per heavy atom. The molecule has 0 aliphatic rings. The Morgan fingerprint density at radius 1 is 1.23 bits per heavy atom. The standard InChI is InChI=1S/C12H18O/c1-3-7-12(13)11-9-6-5-8-10(11)4-2/h5-6,8-9,12-13H,3-4,7H2,1-2H3. The lowest BCUT2D eigenvalue weighted by Gasteiger charge is -2.13. The fraction of sp³-hybridized carbons (Fsp3) is 0.500. The molecule has 0 saturated carbocycles. The molecule has 0 spiro atoms. The minimum absolute atomic E-state index is 0.277. The molecule has 1 heteroatoms. The largest absolute Gasteiger partial charge is 0.388 e. The molecule has 0 aliphatic carbocycles. The molecule has 1 N–H and O–H groups in total. The Morgan fingerprint density at radius 2 is 1.92 bits per heavy atom. The summed E-state index contributed by atoms with van der Waals surface area (Å²) >= 11 is 0. The van der Waals surface area contributed by atoms with Crippen LogP contribution in [0.5, 0.6) is 0 Å². The second-order valence-electron chi connectivity index (χ2n) is 3.36. The van der Waals surface area contributed by atoms with Crippen molar-refractivity contribution in [1.29, 1.82) is 0 Å². The van der Waals surface area contributed by atoms with E-state index in [0.717, 1.165) is 24.8 Å². The van der Waals surface area contributed by atoms with Gasteiger partial charge in [0.25, 0.3) is 0 Å². The first-order valence-corrected chi connectivity index (χ1v) is 5.05. The molecule has 0 aromatic heterocycles. The summed E-state index contributed by atoms with van der Waals surface area (Å²) in [6.07, 6.45) is 2.61. The zero-order chi connectivity index (χ0) is 9.68. The lowest BCUT2D eigenvalue weighted by molar-refractivity contribution is 0.165. The highest BCUT2D eigenvalue weighted by atomic mass is 16.3. The summed E-state index contributed by atoms with van der Waals surface area (Å²) in [5, 5.41) is 9.83. The number of hydrogen-bond acceptors (Lipinski definition) is 1. The quantitative estimate of drug-likeness (QED) is 0.751. The number of aryl methyl sites for hydroxylation is 1. The molecule has 1 rings (SSSR count). The third-order valence-corrected chi connectivity index (χ3v) is 2.36. The minimum atomic E-state index is -0.277. The van der Waals surface area contributed by atoms with Gasteiger partial charge in [-0.15, -0.1) is 0 Å². The van der Waals surface area contributed by atoms with Crippen molar-refractivity contribution in [3.63, 3.8) is 0 Å². The van der Waals surface area contributed by atoms with Crippen molar-refractivity contribution in [3.05, 3.63) is 35.4 Å². The van der Waals surface area contributed by atoms with Gasteiger partial charge in [0.15, 0.2) is 0 Å². The summed E-state index contributed by atoms with van der Waals surface area (Å²) in [6, 6.07) is 8.14. The van der Waals surface area contributed by atoms with Gasteiger partial charge in [-0.25, -0.2) is 0 Å². The van der Waals surface area contributed by atoms with Crippen LogP contribution in [0.4, 0.5) is 0 Å². The van der Waals surface area contributed by atoms with E-state index in [0.29, 0.717) is 0 Å². The molecule has 0 aliphatic heterocycles. The van der Waals surface area contributed by atoms with Crippen LogP contribution in [-0.4, -0.2) is 5.11 Å².